The van der Waals surface area contributed by atoms with Gasteiger partial charge in [-0.25, -0.2) is 4.68 Å². The van der Waals surface area contributed by atoms with Gasteiger partial charge in [0.2, 0.25) is 0 Å². The van der Waals surface area contributed by atoms with Crippen molar-refractivity contribution in [1.29, 1.82) is 0 Å². The fourth-order valence-corrected chi connectivity index (χ4v) is 2.45. The van der Waals surface area contributed by atoms with Crippen LogP contribution in [0.2, 0.25) is 0 Å². The molecule has 0 aliphatic heterocycles. The first kappa shape index (κ1) is 17.8. The molecule has 0 aliphatic carbocycles. The number of rotatable bonds is 8. The molecule has 1 aromatic heterocycles. The van der Waals surface area contributed by atoms with Gasteiger partial charge < -0.3 is 19.9 Å². The maximum atomic E-state index is 5.92. The van der Waals surface area contributed by atoms with Crippen LogP contribution in [0.25, 0.3) is 17.1 Å². The highest BCUT2D eigenvalue weighted by atomic mass is 16.5. The largest absolute Gasteiger partial charge is 0.497 e. The molecule has 136 valence electrons. The average Bonchev–Trinajstić information content (AvgIpc) is 3.09. The van der Waals surface area contributed by atoms with Crippen LogP contribution in [-0.2, 0) is 4.74 Å². The van der Waals surface area contributed by atoms with Crippen LogP contribution in [0.15, 0.2) is 48.5 Å². The monoisotopic (exact) mass is 354 g/mol. The molecule has 0 bridgehead atoms. The predicted molar refractivity (Wildman–Crippen MR) is 99.7 cm³/mol. The first-order chi connectivity index (χ1) is 12.7. The molecule has 0 fully saturated rings. The van der Waals surface area contributed by atoms with Crippen LogP contribution in [0.3, 0.4) is 0 Å². The number of ether oxygens (including phenoxy) is 3. The van der Waals surface area contributed by atoms with E-state index in [1.54, 1.807) is 11.8 Å². The lowest BCUT2D eigenvalue weighted by Gasteiger charge is -2.07. The molecule has 3 rings (SSSR count). The van der Waals surface area contributed by atoms with Crippen molar-refractivity contribution < 1.29 is 14.2 Å². The van der Waals surface area contributed by atoms with E-state index in [0.29, 0.717) is 31.3 Å². The minimum Gasteiger partial charge on any atom is -0.497 e. The Labute approximate surface area is 152 Å². The Morgan fingerprint density at radius 3 is 2.58 bits per heavy atom. The van der Waals surface area contributed by atoms with E-state index in [4.69, 9.17) is 19.9 Å². The minimum atomic E-state index is 0.290. The molecule has 0 amide bonds. The summed E-state index contributed by atoms with van der Waals surface area (Å²) in [5.41, 5.74) is 8.27. The fourth-order valence-electron chi connectivity index (χ4n) is 2.45. The van der Waals surface area contributed by atoms with Crippen molar-refractivity contribution in [3.63, 3.8) is 0 Å². The quantitative estimate of drug-likeness (QED) is 0.494. The second-order valence-electron chi connectivity index (χ2n) is 5.50. The number of anilines is 1. The van der Waals surface area contributed by atoms with E-state index >= 15 is 0 Å². The van der Waals surface area contributed by atoms with Gasteiger partial charge in [-0.3, -0.25) is 0 Å². The summed E-state index contributed by atoms with van der Waals surface area (Å²) in [6, 6.07) is 15.4. The van der Waals surface area contributed by atoms with Gasteiger partial charge in [0.25, 0.3) is 0 Å². The lowest BCUT2D eigenvalue weighted by Crippen LogP contribution is -2.07. The van der Waals surface area contributed by atoms with Crippen molar-refractivity contribution in [2.75, 3.05) is 32.7 Å². The Balaban J connectivity index is 1.95. The molecular formula is C19H22N4O3. The second kappa shape index (κ2) is 8.35. The lowest BCUT2D eigenvalue weighted by atomic mass is 10.2. The van der Waals surface area contributed by atoms with Crippen molar-refractivity contribution in [2.45, 2.75) is 6.92 Å². The molecule has 26 heavy (non-hydrogen) atoms. The highest BCUT2D eigenvalue weighted by molar-refractivity contribution is 5.60. The zero-order valence-electron chi connectivity index (χ0n) is 14.9. The van der Waals surface area contributed by atoms with E-state index < -0.39 is 0 Å². The number of methoxy groups -OCH3 is 1. The average molecular weight is 354 g/mol. The summed E-state index contributed by atoms with van der Waals surface area (Å²) in [7, 11) is 1.63. The molecule has 0 spiro atoms. The summed E-state index contributed by atoms with van der Waals surface area (Å²) in [6.45, 7) is 3.46. The van der Waals surface area contributed by atoms with Gasteiger partial charge in [-0.05, 0) is 49.4 Å². The number of nitrogens with zero attached hydrogens (tertiary/aromatic N) is 3. The summed E-state index contributed by atoms with van der Waals surface area (Å²) in [5.74, 6) is 1.43. The van der Waals surface area contributed by atoms with Crippen molar-refractivity contribution in [2.24, 2.45) is 0 Å². The Morgan fingerprint density at radius 1 is 1.08 bits per heavy atom. The third-order valence-electron chi connectivity index (χ3n) is 3.71. The number of hydrogen-bond donors (Lipinski definition) is 1. The number of nitrogens with two attached hydrogens (primary N) is 1. The van der Waals surface area contributed by atoms with Gasteiger partial charge in [-0.1, -0.05) is 6.07 Å². The molecule has 2 aromatic carbocycles. The summed E-state index contributed by atoms with van der Waals surface area (Å²) in [6.07, 6.45) is 0. The normalized spacial score (nSPS) is 10.7. The van der Waals surface area contributed by atoms with Crippen LogP contribution < -0.4 is 15.2 Å². The van der Waals surface area contributed by atoms with E-state index in [9.17, 15) is 0 Å². The van der Waals surface area contributed by atoms with Crippen LogP contribution in [0.4, 0.5) is 5.69 Å². The molecule has 3 aromatic rings. The summed E-state index contributed by atoms with van der Waals surface area (Å²) < 4.78 is 17.8. The molecule has 7 nitrogen and oxygen atoms in total. The molecule has 0 unspecified atom stereocenters. The molecule has 0 saturated carbocycles. The molecule has 0 atom stereocenters. The fraction of sp³-hybridized carbons (Fsp3) is 0.263. The highest BCUT2D eigenvalue weighted by Crippen LogP contribution is 2.26. The maximum absolute atomic E-state index is 5.92. The number of hydrogen-bond acceptors (Lipinski definition) is 6. The van der Waals surface area contributed by atoms with Gasteiger partial charge in [0.15, 0.2) is 5.82 Å². The van der Waals surface area contributed by atoms with Crippen LogP contribution in [-0.4, -0.2) is 41.7 Å². The van der Waals surface area contributed by atoms with Crippen molar-refractivity contribution in [3.8, 4) is 28.8 Å². The molecule has 7 heteroatoms. The summed E-state index contributed by atoms with van der Waals surface area (Å²) in [4.78, 5) is 4.53. The maximum Gasteiger partial charge on any atom is 0.336 e. The van der Waals surface area contributed by atoms with E-state index in [2.05, 4.69) is 10.1 Å². The highest BCUT2D eigenvalue weighted by Gasteiger charge is 2.15. The zero-order chi connectivity index (χ0) is 18.4. The van der Waals surface area contributed by atoms with Gasteiger partial charge in [0.05, 0.1) is 19.4 Å². The van der Waals surface area contributed by atoms with Gasteiger partial charge >= 0.3 is 6.01 Å². The van der Waals surface area contributed by atoms with Gasteiger partial charge in [0.1, 0.15) is 12.4 Å². The SMILES string of the molecule is CCOCCOc1nc(-c2ccc(OC)cc2)n(-c2cccc(N)c2)n1. The van der Waals surface area contributed by atoms with E-state index in [1.165, 1.54) is 0 Å². The van der Waals surface area contributed by atoms with Crippen LogP contribution in [0.5, 0.6) is 11.8 Å². The summed E-state index contributed by atoms with van der Waals surface area (Å²) >= 11 is 0. The first-order valence-corrected chi connectivity index (χ1v) is 8.39. The van der Waals surface area contributed by atoms with Gasteiger partial charge in [-0.15, -0.1) is 5.10 Å². The molecular weight excluding hydrogens is 332 g/mol. The van der Waals surface area contributed by atoms with Crippen LogP contribution >= 0.6 is 0 Å². The van der Waals surface area contributed by atoms with Crippen LogP contribution in [0.1, 0.15) is 6.92 Å². The number of nitrogen functional groups attached to an aromatic ring is 1. The van der Waals surface area contributed by atoms with E-state index in [1.807, 2.05) is 55.5 Å². The van der Waals surface area contributed by atoms with E-state index in [-0.39, 0.29) is 6.01 Å². The summed E-state index contributed by atoms with van der Waals surface area (Å²) in [5, 5.41) is 4.48. The molecule has 0 saturated heterocycles. The van der Waals surface area contributed by atoms with E-state index in [0.717, 1.165) is 17.0 Å². The number of aromatic nitrogens is 3. The Kier molecular flexibility index (Phi) is 5.70. The first-order valence-electron chi connectivity index (χ1n) is 8.39. The molecule has 0 radical (unpaired) electrons. The van der Waals surface area contributed by atoms with Crippen molar-refractivity contribution in [3.05, 3.63) is 48.5 Å². The standard InChI is InChI=1S/C19H22N4O3/c1-3-25-11-12-26-19-21-18(14-7-9-17(24-2)10-8-14)23(22-19)16-6-4-5-15(20)13-16/h4-10,13H,3,11-12,20H2,1-2H3. The third kappa shape index (κ3) is 4.12. The zero-order valence-corrected chi connectivity index (χ0v) is 14.9. The topological polar surface area (TPSA) is 84.4 Å². The second-order valence-corrected chi connectivity index (χ2v) is 5.50. The molecule has 1 heterocycles. The molecule has 2 N–H and O–H groups in total. The predicted octanol–water partition coefficient (Wildman–Crippen LogP) is 2.94. The van der Waals surface area contributed by atoms with Crippen molar-refractivity contribution >= 4 is 5.69 Å². The van der Waals surface area contributed by atoms with Crippen LogP contribution in [0, 0.1) is 0 Å². The Morgan fingerprint density at radius 2 is 1.88 bits per heavy atom. The minimum absolute atomic E-state index is 0.290. The van der Waals surface area contributed by atoms with Gasteiger partial charge in [-0.2, -0.15) is 4.98 Å². The Hall–Kier alpha value is -3.06. The third-order valence-corrected chi connectivity index (χ3v) is 3.71. The lowest BCUT2D eigenvalue weighted by molar-refractivity contribution is 0.106. The smallest absolute Gasteiger partial charge is 0.336 e. The Bertz CT molecular complexity index is 846. The van der Waals surface area contributed by atoms with Crippen molar-refractivity contribution in [1.82, 2.24) is 14.8 Å². The van der Waals surface area contributed by atoms with Gasteiger partial charge in [0, 0.05) is 17.9 Å². The molecule has 0 aliphatic rings. The number of benzene rings is 2.